The predicted molar refractivity (Wildman–Crippen MR) is 561 cm³/mol. The van der Waals surface area contributed by atoms with Gasteiger partial charge < -0.3 is 0 Å². The second-order valence-corrected chi connectivity index (χ2v) is 43.7. The van der Waals surface area contributed by atoms with Gasteiger partial charge in [-0.2, -0.15) is 0 Å². The van der Waals surface area contributed by atoms with Crippen LogP contribution in [0, 0.1) is 43.3 Å². The smallest absolute Gasteiger partial charge is 0.194 e. The summed E-state index contributed by atoms with van der Waals surface area (Å²) >= 11 is 0. The Labute approximate surface area is 757 Å². The first-order valence-corrected chi connectivity index (χ1v) is 44.4. The lowest BCUT2D eigenvalue weighted by Gasteiger charge is -2.16. The summed E-state index contributed by atoms with van der Waals surface area (Å²) in [4.78, 5) is 24.2. The monoisotopic (exact) mass is 1660 g/mol. The topological polar surface area (TPSA) is 34.1 Å². The van der Waals surface area contributed by atoms with E-state index in [9.17, 15) is 9.59 Å². The zero-order valence-electron chi connectivity index (χ0n) is 83.1. The van der Waals surface area contributed by atoms with E-state index in [4.69, 9.17) is 0 Å². The van der Waals surface area contributed by atoms with Crippen molar-refractivity contribution in [3.63, 3.8) is 0 Å². The SMILES string of the molecule is C1=CCC=C1.C1=Cc2ccccc2C1.C=C/C=C\c1ccc2ccccc2c1.CC(C)(C)C.CC(C)(C)C.CC(C)(C)C.CC(C)(C)C.CC(C)(C)C.CC(C)(C)C.CC(C)(C)C.CC(C)(C)C.O=C1c2ccccc2C(=O)c2ccccc21.c1ccc2cc3ccccc3cc2c1.c1ccc2cccc-2cc1.c1ccc2ccccc2c1.c1ccccc1. The van der Waals surface area contributed by atoms with Gasteiger partial charge in [0.25, 0.3) is 0 Å². The van der Waals surface area contributed by atoms with E-state index in [2.05, 4.69) is 489 Å². The largest absolute Gasteiger partial charge is 0.289 e. The summed E-state index contributed by atoms with van der Waals surface area (Å²) in [7, 11) is 0. The first-order chi connectivity index (χ1) is 57.5. The maximum atomic E-state index is 12.1. The fraction of sp³-hybridized carbons (Fsp3) is 0.344. The molecule has 0 aliphatic heterocycles. The van der Waals surface area contributed by atoms with Gasteiger partial charge in [-0.25, -0.2) is 0 Å². The van der Waals surface area contributed by atoms with Crippen molar-refractivity contribution in [2.75, 3.05) is 0 Å². The van der Waals surface area contributed by atoms with Crippen LogP contribution in [0.4, 0.5) is 0 Å². The molecule has 0 saturated heterocycles. The third-order valence-corrected chi connectivity index (χ3v) is 14.0. The van der Waals surface area contributed by atoms with Gasteiger partial charge in [-0.1, -0.05) is 574 Å². The Morgan fingerprint density at radius 2 is 0.476 bits per heavy atom. The summed E-state index contributed by atoms with van der Waals surface area (Å²) in [5, 5.41) is 10.4. The van der Waals surface area contributed by atoms with Gasteiger partial charge >= 0.3 is 0 Å². The number of benzene rings is 11. The fourth-order valence-electron chi connectivity index (χ4n) is 9.66. The van der Waals surface area contributed by atoms with Gasteiger partial charge in [-0.05, 0) is 145 Å². The number of rotatable bonds is 2. The molecule has 0 aromatic heterocycles. The molecule has 0 saturated carbocycles. The summed E-state index contributed by atoms with van der Waals surface area (Å²) in [5.41, 5.74) is 12.7. The Hall–Kier alpha value is -10.8. The minimum Gasteiger partial charge on any atom is -0.289 e. The molecule has 0 fully saturated rings. The van der Waals surface area contributed by atoms with E-state index < -0.39 is 0 Å². The van der Waals surface area contributed by atoms with Crippen molar-refractivity contribution in [2.24, 2.45) is 43.3 Å². The maximum absolute atomic E-state index is 12.1. The van der Waals surface area contributed by atoms with Gasteiger partial charge in [-0.3, -0.25) is 9.59 Å². The quantitative estimate of drug-likeness (QED) is 0.128. The van der Waals surface area contributed by atoms with Crippen LogP contribution < -0.4 is 0 Å². The molecule has 0 N–H and O–H groups in total. The Balaban J connectivity index is 0.000000676. The zero-order chi connectivity index (χ0) is 93.8. The lowest BCUT2D eigenvalue weighted by Crippen LogP contribution is -2.20. The molecule has 662 valence electrons. The average molecular weight is 1660 g/mol. The average Bonchev–Trinajstić information content (AvgIpc) is 1.02. The summed E-state index contributed by atoms with van der Waals surface area (Å²) in [6.07, 6.45) is 20.8. The first kappa shape index (κ1) is 111. The second-order valence-electron chi connectivity index (χ2n) is 43.7. The van der Waals surface area contributed by atoms with Crippen molar-refractivity contribution in [1.29, 1.82) is 0 Å². The lowest BCUT2D eigenvalue weighted by atomic mass is 9.84. The van der Waals surface area contributed by atoms with Gasteiger partial charge in [-0.15, -0.1) is 0 Å². The van der Waals surface area contributed by atoms with Crippen LogP contribution >= 0.6 is 0 Å². The molecule has 0 atom stereocenters. The van der Waals surface area contributed by atoms with E-state index in [0.717, 1.165) is 12.8 Å². The van der Waals surface area contributed by atoms with E-state index in [-0.39, 0.29) is 11.6 Å². The van der Waals surface area contributed by atoms with Gasteiger partial charge in [0.05, 0.1) is 0 Å². The number of hydrogen-bond acceptors (Lipinski definition) is 2. The van der Waals surface area contributed by atoms with Crippen molar-refractivity contribution >= 4 is 66.8 Å². The molecule has 11 aromatic carbocycles. The Morgan fingerprint density at radius 1 is 0.242 bits per heavy atom. The second kappa shape index (κ2) is 56.9. The molecule has 2 heteroatoms. The molecule has 0 radical (unpaired) electrons. The molecule has 2 nitrogen and oxygen atoms in total. The molecule has 5 aliphatic carbocycles. The normalized spacial score (nSPS) is 11.7. The molecule has 0 unspecified atom stereocenters. The van der Waals surface area contributed by atoms with E-state index in [1.165, 1.54) is 70.9 Å². The molecule has 16 rings (SSSR count). The molecule has 5 aliphatic rings. The maximum Gasteiger partial charge on any atom is 0.194 e. The van der Waals surface area contributed by atoms with Gasteiger partial charge in [0, 0.05) is 22.3 Å². The van der Waals surface area contributed by atoms with Crippen molar-refractivity contribution < 1.29 is 9.59 Å². The number of ketones is 2. The highest BCUT2D eigenvalue weighted by Crippen LogP contribution is 2.28. The summed E-state index contributed by atoms with van der Waals surface area (Å²) in [6.45, 7) is 73.7. The van der Waals surface area contributed by atoms with E-state index in [1.807, 2.05) is 48.5 Å². The summed E-state index contributed by atoms with van der Waals surface area (Å²) in [5.74, 6) is -0.128. The molecule has 0 heterocycles. The number of hydrogen-bond donors (Lipinski definition) is 0. The highest BCUT2D eigenvalue weighted by Gasteiger charge is 2.28. The van der Waals surface area contributed by atoms with Crippen LogP contribution in [0.1, 0.15) is 277 Å². The van der Waals surface area contributed by atoms with Crippen LogP contribution in [0.15, 0.2) is 358 Å². The third-order valence-electron chi connectivity index (χ3n) is 14.0. The van der Waals surface area contributed by atoms with Crippen molar-refractivity contribution in [3.05, 3.63) is 397 Å². The molecule has 0 amide bonds. The minimum atomic E-state index is -0.0641. The summed E-state index contributed by atoms with van der Waals surface area (Å²) < 4.78 is 0. The van der Waals surface area contributed by atoms with Crippen LogP contribution in [-0.4, -0.2) is 11.6 Å². The van der Waals surface area contributed by atoms with Crippen LogP contribution in [0.2, 0.25) is 0 Å². The van der Waals surface area contributed by atoms with Crippen molar-refractivity contribution in [3.8, 4) is 11.1 Å². The van der Waals surface area contributed by atoms with Crippen molar-refractivity contribution in [1.82, 2.24) is 0 Å². The van der Waals surface area contributed by atoms with Crippen LogP contribution in [-0.2, 0) is 6.42 Å². The molecular formula is C122H162O2. The predicted octanol–water partition coefficient (Wildman–Crippen LogP) is 38.0. The molecule has 0 bridgehead atoms. The molecule has 0 spiro atoms. The first-order valence-electron chi connectivity index (χ1n) is 44.4. The highest BCUT2D eigenvalue weighted by molar-refractivity contribution is 6.28. The minimum absolute atomic E-state index is 0.0641. The summed E-state index contributed by atoms with van der Waals surface area (Å²) in [6, 6.07) is 104. The number of allylic oxidation sites excluding steroid dienone is 7. The molecule has 11 aromatic rings. The third kappa shape index (κ3) is 64.1. The van der Waals surface area contributed by atoms with Crippen LogP contribution in [0.3, 0.4) is 0 Å². The van der Waals surface area contributed by atoms with Crippen molar-refractivity contribution in [2.45, 2.75) is 234 Å². The van der Waals surface area contributed by atoms with Gasteiger partial charge in [0.1, 0.15) is 0 Å². The zero-order valence-corrected chi connectivity index (χ0v) is 83.1. The van der Waals surface area contributed by atoms with Crippen LogP contribution in [0.25, 0.3) is 66.4 Å². The highest BCUT2D eigenvalue weighted by atomic mass is 16.1. The molecule has 124 heavy (non-hydrogen) atoms. The number of carbonyl (C=O) groups excluding carboxylic acids is 2. The Bertz CT molecular complexity index is 4650. The van der Waals surface area contributed by atoms with E-state index in [1.54, 1.807) is 54.6 Å². The number of fused-ring (bicyclic) bond motifs is 8. The van der Waals surface area contributed by atoms with E-state index in [0.29, 0.717) is 65.6 Å². The lowest BCUT2D eigenvalue weighted by molar-refractivity contribution is 0.0979. The van der Waals surface area contributed by atoms with Gasteiger partial charge in [0.15, 0.2) is 11.6 Å². The standard InChI is InChI=1S/C14H8O2.C14H10.C14H12.2C10H8.C9H8.C6H6.C5H6.8C5H12/c15-13-9-5-1-2-6-10(9)14(16)12-8-4-3-7-11(12)13;1-2-6-12-10-14-8-4-3-7-13(14)9-11(12)5-1;1-2-3-6-12-9-10-13-7-4-5-8-14(13)11-12;1-2-6-10-8-4-3-7-9(10)5-1;1-2-5-9-7-4-8-10(9)6-3-1;1-2-5-9-7-3-6-8(9)4-1;1-2-4-6-5-3-1;1-2-4-5-3-1;8*1-5(2,3)4/h1-8H;1-10H;2-11H,1H2;2*1-8H;1-6H,7H2;1-6H;1-4H,5H2;8*1-4H3/b;;6-3-;;;;;;;;;;;;;. The Kier molecular flexibility index (Phi) is 51.0. The Morgan fingerprint density at radius 3 is 0.750 bits per heavy atom. The number of carbonyl (C=O) groups is 2. The van der Waals surface area contributed by atoms with Gasteiger partial charge in [0.2, 0.25) is 0 Å². The van der Waals surface area contributed by atoms with Crippen LogP contribution in [0.5, 0.6) is 0 Å². The van der Waals surface area contributed by atoms with E-state index >= 15 is 0 Å². The molecular weight excluding hydrogens is 1500 g/mol. The fourth-order valence-corrected chi connectivity index (χ4v) is 9.66.